The molecule has 0 aliphatic heterocycles. The normalized spacial score (nSPS) is 10.3. The van der Waals surface area contributed by atoms with Crippen molar-refractivity contribution in [2.24, 2.45) is 0 Å². The van der Waals surface area contributed by atoms with Crippen molar-refractivity contribution in [1.29, 1.82) is 0 Å². The van der Waals surface area contributed by atoms with Gasteiger partial charge in [-0.05, 0) is 40.2 Å². The molecule has 0 saturated heterocycles. The number of hydrogen-bond acceptors (Lipinski definition) is 4. The van der Waals surface area contributed by atoms with Crippen molar-refractivity contribution >= 4 is 27.5 Å². The number of amides is 1. The van der Waals surface area contributed by atoms with Crippen LogP contribution >= 0.6 is 15.9 Å². The van der Waals surface area contributed by atoms with Crippen LogP contribution in [0.15, 0.2) is 59.9 Å². The number of carbonyl (C=O) groups is 1. The average molecular weight is 344 g/mol. The van der Waals surface area contributed by atoms with Gasteiger partial charge in [0, 0.05) is 6.20 Å². The first kappa shape index (κ1) is 13.4. The minimum absolute atomic E-state index is 0.234. The first-order valence-corrected chi connectivity index (χ1v) is 6.90. The van der Waals surface area contributed by atoms with Crippen LogP contribution in [0, 0.1) is 0 Å². The Labute approximate surface area is 129 Å². The van der Waals surface area contributed by atoms with Crippen molar-refractivity contribution in [3.05, 3.63) is 65.4 Å². The van der Waals surface area contributed by atoms with E-state index in [-0.39, 0.29) is 5.91 Å². The van der Waals surface area contributed by atoms with E-state index in [1.807, 2.05) is 18.2 Å². The smallest absolute Gasteiger partial charge is 0.257 e. The van der Waals surface area contributed by atoms with E-state index in [4.69, 9.17) is 0 Å². The van der Waals surface area contributed by atoms with E-state index in [9.17, 15) is 4.79 Å². The zero-order chi connectivity index (χ0) is 14.7. The molecule has 7 heteroatoms. The fraction of sp³-hybridized carbons (Fsp3) is 0. The zero-order valence-electron chi connectivity index (χ0n) is 10.8. The Morgan fingerprint density at radius 3 is 2.76 bits per heavy atom. The molecular formula is C14H10BrN5O. The minimum atomic E-state index is -0.234. The molecule has 3 rings (SSSR count). The van der Waals surface area contributed by atoms with Gasteiger partial charge in [0.1, 0.15) is 17.3 Å². The van der Waals surface area contributed by atoms with Crippen molar-refractivity contribution in [1.82, 2.24) is 19.7 Å². The Kier molecular flexibility index (Phi) is 3.74. The van der Waals surface area contributed by atoms with Crippen molar-refractivity contribution in [2.75, 3.05) is 5.32 Å². The van der Waals surface area contributed by atoms with Crippen LogP contribution in [0.5, 0.6) is 0 Å². The topological polar surface area (TPSA) is 72.7 Å². The highest BCUT2D eigenvalue weighted by Gasteiger charge is 2.10. The maximum absolute atomic E-state index is 12.2. The lowest BCUT2D eigenvalue weighted by molar-refractivity contribution is 0.102. The molecule has 6 nitrogen and oxygen atoms in total. The van der Waals surface area contributed by atoms with E-state index in [1.165, 1.54) is 12.5 Å². The predicted molar refractivity (Wildman–Crippen MR) is 81.2 cm³/mol. The van der Waals surface area contributed by atoms with E-state index in [0.717, 1.165) is 5.69 Å². The van der Waals surface area contributed by atoms with E-state index in [0.29, 0.717) is 15.9 Å². The molecule has 2 aromatic heterocycles. The zero-order valence-corrected chi connectivity index (χ0v) is 12.4. The maximum atomic E-state index is 12.2. The second-order valence-corrected chi connectivity index (χ2v) is 4.99. The predicted octanol–water partition coefficient (Wildman–Crippen LogP) is 2.68. The van der Waals surface area contributed by atoms with Crippen LogP contribution in [0.2, 0.25) is 0 Å². The molecule has 1 aromatic carbocycles. The largest absolute Gasteiger partial charge is 0.320 e. The minimum Gasteiger partial charge on any atom is -0.320 e. The Balaban J connectivity index is 1.88. The molecule has 0 atom stereocenters. The summed E-state index contributed by atoms with van der Waals surface area (Å²) >= 11 is 3.24. The van der Waals surface area contributed by atoms with Gasteiger partial charge < -0.3 is 5.32 Å². The highest BCUT2D eigenvalue weighted by molar-refractivity contribution is 9.10. The molecular weight excluding hydrogens is 334 g/mol. The third-order valence-corrected chi connectivity index (χ3v) is 3.28. The standard InChI is InChI=1S/C14H10BrN5O/c15-13-6-5-10(7-17-13)14(21)19-11-3-1-2-4-12(11)20-9-16-8-18-20/h1-9H,(H,19,21). The van der Waals surface area contributed by atoms with E-state index in [2.05, 4.69) is 36.3 Å². The molecule has 0 bridgehead atoms. The quantitative estimate of drug-likeness (QED) is 0.742. The van der Waals surface area contributed by atoms with Gasteiger partial charge in [0.2, 0.25) is 0 Å². The molecule has 1 N–H and O–H groups in total. The van der Waals surface area contributed by atoms with Crippen molar-refractivity contribution < 1.29 is 4.79 Å². The Morgan fingerprint density at radius 1 is 1.19 bits per heavy atom. The van der Waals surface area contributed by atoms with Gasteiger partial charge in [-0.1, -0.05) is 12.1 Å². The van der Waals surface area contributed by atoms with E-state index >= 15 is 0 Å². The summed E-state index contributed by atoms with van der Waals surface area (Å²) in [4.78, 5) is 20.2. The highest BCUT2D eigenvalue weighted by atomic mass is 79.9. The number of aromatic nitrogens is 4. The molecule has 2 heterocycles. The summed E-state index contributed by atoms with van der Waals surface area (Å²) in [6.07, 6.45) is 4.53. The average Bonchev–Trinajstić information content (AvgIpc) is 3.02. The fourth-order valence-corrected chi connectivity index (χ4v) is 2.05. The van der Waals surface area contributed by atoms with E-state index in [1.54, 1.807) is 29.2 Å². The number of hydrogen-bond donors (Lipinski definition) is 1. The van der Waals surface area contributed by atoms with Gasteiger partial charge in [-0.25, -0.2) is 14.6 Å². The van der Waals surface area contributed by atoms with Crippen molar-refractivity contribution in [3.63, 3.8) is 0 Å². The van der Waals surface area contributed by atoms with Gasteiger partial charge in [-0.15, -0.1) is 0 Å². The van der Waals surface area contributed by atoms with Crippen LogP contribution in [0.25, 0.3) is 5.69 Å². The van der Waals surface area contributed by atoms with Crippen molar-refractivity contribution in [2.45, 2.75) is 0 Å². The van der Waals surface area contributed by atoms with Gasteiger partial charge in [0.05, 0.1) is 16.9 Å². The highest BCUT2D eigenvalue weighted by Crippen LogP contribution is 2.19. The third-order valence-electron chi connectivity index (χ3n) is 2.81. The molecule has 0 radical (unpaired) electrons. The second kappa shape index (κ2) is 5.84. The number of carbonyl (C=O) groups excluding carboxylic acids is 1. The number of pyridine rings is 1. The number of para-hydroxylation sites is 2. The molecule has 0 saturated carbocycles. The second-order valence-electron chi connectivity index (χ2n) is 4.18. The fourth-order valence-electron chi connectivity index (χ4n) is 1.82. The van der Waals surface area contributed by atoms with Crippen LogP contribution in [0.4, 0.5) is 5.69 Å². The number of nitrogens with zero attached hydrogens (tertiary/aromatic N) is 4. The third kappa shape index (κ3) is 2.97. The summed E-state index contributed by atoms with van der Waals surface area (Å²) in [5.41, 5.74) is 1.87. The molecule has 21 heavy (non-hydrogen) atoms. The van der Waals surface area contributed by atoms with Crippen LogP contribution in [0.1, 0.15) is 10.4 Å². The van der Waals surface area contributed by atoms with Crippen molar-refractivity contribution in [3.8, 4) is 5.69 Å². The summed E-state index contributed by atoms with van der Waals surface area (Å²) in [5.74, 6) is -0.234. The lowest BCUT2D eigenvalue weighted by Crippen LogP contribution is -2.14. The van der Waals surface area contributed by atoms with E-state index < -0.39 is 0 Å². The summed E-state index contributed by atoms with van der Waals surface area (Å²) in [6.45, 7) is 0. The molecule has 3 aromatic rings. The van der Waals surface area contributed by atoms with Crippen LogP contribution in [0.3, 0.4) is 0 Å². The molecule has 0 aliphatic rings. The number of halogens is 1. The maximum Gasteiger partial charge on any atom is 0.257 e. The van der Waals surface area contributed by atoms with Crippen LogP contribution in [-0.2, 0) is 0 Å². The summed E-state index contributed by atoms with van der Waals surface area (Å²) < 4.78 is 2.28. The molecule has 0 spiro atoms. The first-order valence-electron chi connectivity index (χ1n) is 6.11. The Bertz CT molecular complexity index is 755. The lowest BCUT2D eigenvalue weighted by atomic mass is 10.2. The molecule has 0 unspecified atom stereocenters. The van der Waals surface area contributed by atoms with Gasteiger partial charge in [-0.2, -0.15) is 5.10 Å². The van der Waals surface area contributed by atoms with Gasteiger partial charge in [0.15, 0.2) is 0 Å². The molecule has 104 valence electrons. The van der Waals surface area contributed by atoms with Gasteiger partial charge in [-0.3, -0.25) is 4.79 Å². The molecule has 1 amide bonds. The number of nitrogens with one attached hydrogen (secondary N) is 1. The summed E-state index contributed by atoms with van der Waals surface area (Å²) in [7, 11) is 0. The summed E-state index contributed by atoms with van der Waals surface area (Å²) in [6, 6.07) is 10.8. The number of anilines is 1. The van der Waals surface area contributed by atoms with Crippen LogP contribution < -0.4 is 5.32 Å². The number of benzene rings is 1. The van der Waals surface area contributed by atoms with Gasteiger partial charge >= 0.3 is 0 Å². The molecule has 0 fully saturated rings. The van der Waals surface area contributed by atoms with Gasteiger partial charge in [0.25, 0.3) is 5.91 Å². The monoisotopic (exact) mass is 343 g/mol. The SMILES string of the molecule is O=C(Nc1ccccc1-n1cncn1)c1ccc(Br)nc1. The molecule has 0 aliphatic carbocycles. The van der Waals surface area contributed by atoms with Crippen LogP contribution in [-0.4, -0.2) is 25.7 Å². The Morgan fingerprint density at radius 2 is 2.05 bits per heavy atom. The first-order chi connectivity index (χ1) is 10.2. The summed E-state index contributed by atoms with van der Waals surface area (Å²) in [5, 5.41) is 6.93. The Hall–Kier alpha value is -2.54. The lowest BCUT2D eigenvalue weighted by Gasteiger charge is -2.10. The number of rotatable bonds is 3.